The molecule has 1 amide bonds. The molecule has 4 heterocycles. The smallest absolute Gasteiger partial charge is 0.250 e. The first-order chi connectivity index (χ1) is 16.4. The number of carbonyl (C=O) groups is 1. The van der Waals surface area contributed by atoms with Crippen LogP contribution >= 0.6 is 0 Å². The molecule has 2 aromatic heterocycles. The molecule has 0 aromatic carbocycles. The zero-order chi connectivity index (χ0) is 23.4. The average Bonchev–Trinajstić information content (AvgIpc) is 3.20. The van der Waals surface area contributed by atoms with Gasteiger partial charge in [0.25, 0.3) is 5.91 Å². The zero-order valence-corrected chi connectivity index (χ0v) is 20.1. The highest BCUT2D eigenvalue weighted by atomic mass is 32.2. The minimum Gasteiger partial charge on any atom is -0.340 e. The molecule has 4 aliphatic rings. The van der Waals surface area contributed by atoms with Gasteiger partial charge in [0.2, 0.25) is 10.0 Å². The van der Waals surface area contributed by atoms with Crippen LogP contribution in [-0.4, -0.2) is 83.1 Å². The van der Waals surface area contributed by atoms with Crippen molar-refractivity contribution in [3.05, 3.63) is 18.2 Å². The van der Waals surface area contributed by atoms with Crippen LogP contribution in [0.5, 0.6) is 0 Å². The van der Waals surface area contributed by atoms with Gasteiger partial charge in [-0.2, -0.15) is 4.31 Å². The van der Waals surface area contributed by atoms with E-state index in [1.165, 1.54) is 0 Å². The van der Waals surface area contributed by atoms with Gasteiger partial charge in [0.05, 0.1) is 17.0 Å². The van der Waals surface area contributed by atoms with E-state index in [0.29, 0.717) is 37.8 Å². The fourth-order valence-electron chi connectivity index (χ4n) is 6.04. The Hall–Kier alpha value is -2.41. The molecule has 0 N–H and O–H groups in total. The Kier molecular flexibility index (Phi) is 5.24. The standard InChI is InChI=1S/C21H31N9O3S/c31-19(21(6-2-1-3-7-21)30-16-22-24-26-30)27-11-17(12-27)13-28-14-18(23-25-28)15-29-10-4-5-20(8-9-20)34(29,32)33/h14,16-17H,1-13,15H2. The molecule has 34 heavy (non-hydrogen) atoms. The Labute approximate surface area is 198 Å². The Morgan fingerprint density at radius 2 is 1.82 bits per heavy atom. The van der Waals surface area contributed by atoms with E-state index in [-0.39, 0.29) is 12.5 Å². The van der Waals surface area contributed by atoms with Gasteiger partial charge in [-0.25, -0.2) is 13.1 Å². The lowest BCUT2D eigenvalue weighted by Crippen LogP contribution is -2.60. The molecular formula is C21H31N9O3S. The topological polar surface area (TPSA) is 132 Å². The Morgan fingerprint density at radius 3 is 2.53 bits per heavy atom. The van der Waals surface area contributed by atoms with Crippen LogP contribution in [0.4, 0.5) is 0 Å². The number of likely N-dealkylation sites (tertiary alicyclic amines) is 1. The normalized spacial score (nSPS) is 25.8. The van der Waals surface area contributed by atoms with Crippen molar-refractivity contribution in [2.75, 3.05) is 19.6 Å². The summed E-state index contributed by atoms with van der Waals surface area (Å²) >= 11 is 0. The summed E-state index contributed by atoms with van der Waals surface area (Å²) in [5.41, 5.74) is 0.0137. The summed E-state index contributed by atoms with van der Waals surface area (Å²) in [6.07, 6.45) is 11.3. The van der Waals surface area contributed by atoms with Crippen molar-refractivity contribution >= 4 is 15.9 Å². The van der Waals surface area contributed by atoms with Gasteiger partial charge < -0.3 is 4.90 Å². The molecule has 2 aromatic rings. The molecule has 184 valence electrons. The van der Waals surface area contributed by atoms with Crippen LogP contribution in [0.1, 0.15) is 63.5 Å². The van der Waals surface area contributed by atoms with Crippen molar-refractivity contribution in [2.45, 2.75) is 81.2 Å². The molecule has 1 spiro atoms. The number of rotatable bonds is 6. The molecular weight excluding hydrogens is 458 g/mol. The van der Waals surface area contributed by atoms with Crippen molar-refractivity contribution in [1.82, 2.24) is 44.4 Å². The number of nitrogens with zero attached hydrogens (tertiary/aromatic N) is 9. The Balaban J connectivity index is 1.06. The minimum absolute atomic E-state index is 0.110. The lowest BCUT2D eigenvalue weighted by Gasteiger charge is -2.46. The van der Waals surface area contributed by atoms with Crippen LogP contribution in [0.25, 0.3) is 0 Å². The van der Waals surface area contributed by atoms with Crippen LogP contribution in [0.15, 0.2) is 12.5 Å². The molecule has 0 bridgehead atoms. The van der Waals surface area contributed by atoms with E-state index in [0.717, 1.165) is 57.8 Å². The van der Waals surface area contributed by atoms with Gasteiger partial charge in [-0.3, -0.25) is 9.48 Å². The molecule has 2 saturated carbocycles. The maximum absolute atomic E-state index is 13.5. The first-order valence-corrected chi connectivity index (χ1v) is 13.8. The fraction of sp³-hybridized carbons (Fsp3) is 0.810. The van der Waals surface area contributed by atoms with Crippen molar-refractivity contribution in [3.8, 4) is 0 Å². The summed E-state index contributed by atoms with van der Waals surface area (Å²) in [7, 11) is -3.25. The Morgan fingerprint density at radius 1 is 1.03 bits per heavy atom. The predicted octanol–water partition coefficient (Wildman–Crippen LogP) is 0.541. The van der Waals surface area contributed by atoms with Gasteiger partial charge in [0, 0.05) is 38.3 Å². The molecule has 4 fully saturated rings. The lowest BCUT2D eigenvalue weighted by molar-refractivity contribution is -0.150. The molecule has 2 aliphatic heterocycles. The number of carbonyl (C=O) groups excluding carboxylic acids is 1. The number of aromatic nitrogens is 7. The summed E-state index contributed by atoms with van der Waals surface area (Å²) in [5.74, 6) is 0.404. The van der Waals surface area contributed by atoms with E-state index in [4.69, 9.17) is 0 Å². The summed E-state index contributed by atoms with van der Waals surface area (Å²) in [6, 6.07) is 0. The average molecular weight is 490 g/mol. The van der Waals surface area contributed by atoms with Crippen LogP contribution in [0.3, 0.4) is 0 Å². The number of hydrogen-bond donors (Lipinski definition) is 0. The second kappa shape index (κ2) is 8.08. The van der Waals surface area contributed by atoms with Crippen LogP contribution in [0, 0.1) is 5.92 Å². The number of tetrazole rings is 1. The first-order valence-electron chi connectivity index (χ1n) is 12.3. The highest BCUT2D eigenvalue weighted by molar-refractivity contribution is 7.90. The second-order valence-corrected chi connectivity index (χ2v) is 12.8. The highest BCUT2D eigenvalue weighted by Crippen LogP contribution is 2.51. The van der Waals surface area contributed by atoms with E-state index in [9.17, 15) is 13.2 Å². The largest absolute Gasteiger partial charge is 0.340 e. The maximum Gasteiger partial charge on any atom is 0.250 e. The molecule has 12 nitrogen and oxygen atoms in total. The zero-order valence-electron chi connectivity index (χ0n) is 19.3. The van der Waals surface area contributed by atoms with Gasteiger partial charge in [-0.05, 0) is 49.0 Å². The van der Waals surface area contributed by atoms with E-state index in [1.807, 2.05) is 11.1 Å². The van der Waals surface area contributed by atoms with Gasteiger partial charge in [-0.1, -0.05) is 24.5 Å². The quantitative estimate of drug-likeness (QED) is 0.574. The Bertz CT molecular complexity index is 1150. The molecule has 2 saturated heterocycles. The monoisotopic (exact) mass is 489 g/mol. The molecule has 2 aliphatic carbocycles. The molecule has 0 radical (unpaired) electrons. The molecule has 0 unspecified atom stereocenters. The van der Waals surface area contributed by atoms with Gasteiger partial charge in [0.15, 0.2) is 0 Å². The lowest BCUT2D eigenvalue weighted by atomic mass is 9.79. The summed E-state index contributed by atoms with van der Waals surface area (Å²) in [5, 5.41) is 20.1. The SMILES string of the molecule is O=C(N1CC(Cn2cc(CN3CCCC4(CC4)S3(=O)=O)nn2)C1)C1(n2cnnn2)CCCCC1. The van der Waals surface area contributed by atoms with E-state index >= 15 is 0 Å². The van der Waals surface area contributed by atoms with Gasteiger partial charge in [-0.15, -0.1) is 10.2 Å². The third-order valence-electron chi connectivity index (χ3n) is 8.22. The summed E-state index contributed by atoms with van der Waals surface area (Å²) in [6.45, 7) is 2.83. The number of sulfonamides is 1. The molecule has 6 rings (SSSR count). The highest BCUT2D eigenvalue weighted by Gasteiger charge is 2.58. The summed E-state index contributed by atoms with van der Waals surface area (Å²) in [4.78, 5) is 15.4. The number of amides is 1. The third-order valence-corrected chi connectivity index (χ3v) is 10.9. The maximum atomic E-state index is 13.5. The van der Waals surface area contributed by atoms with Crippen LogP contribution in [-0.2, 0) is 33.4 Å². The van der Waals surface area contributed by atoms with E-state index in [1.54, 1.807) is 20.0 Å². The van der Waals surface area contributed by atoms with Gasteiger partial charge >= 0.3 is 0 Å². The van der Waals surface area contributed by atoms with Crippen LogP contribution < -0.4 is 0 Å². The van der Waals surface area contributed by atoms with Gasteiger partial charge in [0.1, 0.15) is 11.9 Å². The molecule has 13 heteroatoms. The first kappa shape index (κ1) is 22.1. The van der Waals surface area contributed by atoms with E-state index < -0.39 is 20.3 Å². The predicted molar refractivity (Wildman–Crippen MR) is 119 cm³/mol. The molecule has 0 atom stereocenters. The second-order valence-electron chi connectivity index (χ2n) is 10.5. The number of hydrogen-bond acceptors (Lipinski definition) is 8. The van der Waals surface area contributed by atoms with Crippen molar-refractivity contribution < 1.29 is 13.2 Å². The van der Waals surface area contributed by atoms with Crippen molar-refractivity contribution in [1.29, 1.82) is 0 Å². The van der Waals surface area contributed by atoms with Crippen molar-refractivity contribution in [2.24, 2.45) is 5.92 Å². The fourth-order valence-corrected chi connectivity index (χ4v) is 8.28. The summed E-state index contributed by atoms with van der Waals surface area (Å²) < 4.78 is 30.3. The third kappa shape index (κ3) is 3.55. The van der Waals surface area contributed by atoms with Crippen LogP contribution in [0.2, 0.25) is 0 Å². The van der Waals surface area contributed by atoms with Crippen molar-refractivity contribution in [3.63, 3.8) is 0 Å². The minimum atomic E-state index is -3.25. The van der Waals surface area contributed by atoms with E-state index in [2.05, 4.69) is 25.8 Å².